The van der Waals surface area contributed by atoms with Gasteiger partial charge in [-0.05, 0) is 109 Å². The second kappa shape index (κ2) is 12.5. The first-order chi connectivity index (χ1) is 19.1. The third-order valence-corrected chi connectivity index (χ3v) is 15.0. The van der Waals surface area contributed by atoms with Gasteiger partial charge in [0.1, 0.15) is 0 Å². The average molecular weight is 581 g/mol. The number of rotatable bonds is 8. The molecular formula is C39H50P2. The zero-order chi connectivity index (χ0) is 30.2. The maximum absolute atomic E-state index is 2.56. The van der Waals surface area contributed by atoms with Crippen molar-refractivity contribution >= 4 is 37.1 Å². The molecule has 216 valence electrons. The van der Waals surface area contributed by atoms with Gasteiger partial charge in [-0.3, -0.25) is 0 Å². The second-order valence-corrected chi connectivity index (χ2v) is 18.4. The molecule has 0 amide bonds. The van der Waals surface area contributed by atoms with Crippen LogP contribution in [0.2, 0.25) is 0 Å². The summed E-state index contributed by atoms with van der Waals surface area (Å²) < 4.78 is 0. The lowest BCUT2D eigenvalue weighted by atomic mass is 9.86. The largest absolute Gasteiger partial charge is 0.0587 e. The predicted molar refractivity (Wildman–Crippen MR) is 189 cm³/mol. The lowest BCUT2D eigenvalue weighted by molar-refractivity contribution is 0.356. The Morgan fingerprint density at radius 1 is 0.366 bits per heavy atom. The van der Waals surface area contributed by atoms with Gasteiger partial charge >= 0.3 is 0 Å². The number of hydrogen-bond acceptors (Lipinski definition) is 0. The number of aryl methyl sites for hydroxylation is 8. The second-order valence-electron chi connectivity index (χ2n) is 13.3. The first-order valence-electron chi connectivity index (χ1n) is 15.1. The van der Waals surface area contributed by atoms with Crippen molar-refractivity contribution in [1.82, 2.24) is 0 Å². The van der Waals surface area contributed by atoms with Crippen LogP contribution in [-0.2, 0) is 0 Å². The highest BCUT2D eigenvalue weighted by Gasteiger charge is 2.42. The Morgan fingerprint density at radius 2 is 0.537 bits per heavy atom. The van der Waals surface area contributed by atoms with Crippen LogP contribution in [-0.4, -0.2) is 11.3 Å². The van der Waals surface area contributed by atoms with Crippen LogP contribution in [0.3, 0.4) is 0 Å². The summed E-state index contributed by atoms with van der Waals surface area (Å²) in [6.07, 6.45) is 0. The molecule has 0 radical (unpaired) electrons. The van der Waals surface area contributed by atoms with Crippen LogP contribution >= 0.6 is 15.8 Å². The van der Waals surface area contributed by atoms with E-state index < -0.39 is 15.8 Å². The van der Waals surface area contributed by atoms with Crippen molar-refractivity contribution in [3.05, 3.63) is 117 Å². The van der Waals surface area contributed by atoms with E-state index >= 15 is 0 Å². The van der Waals surface area contributed by atoms with E-state index in [1.54, 1.807) is 0 Å². The van der Waals surface area contributed by atoms with Gasteiger partial charge in [0.15, 0.2) is 0 Å². The molecule has 0 saturated heterocycles. The molecule has 2 unspecified atom stereocenters. The van der Waals surface area contributed by atoms with Gasteiger partial charge in [-0.1, -0.05) is 145 Å². The van der Waals surface area contributed by atoms with Crippen molar-refractivity contribution in [1.29, 1.82) is 0 Å². The topological polar surface area (TPSA) is 0 Å². The molecule has 4 aromatic carbocycles. The van der Waals surface area contributed by atoms with Gasteiger partial charge in [-0.25, -0.2) is 0 Å². The van der Waals surface area contributed by atoms with Gasteiger partial charge in [0.05, 0.1) is 0 Å². The van der Waals surface area contributed by atoms with Crippen molar-refractivity contribution in [2.24, 2.45) is 5.41 Å². The van der Waals surface area contributed by atoms with E-state index in [2.05, 4.69) is 156 Å². The normalized spacial score (nSPS) is 13.6. The van der Waals surface area contributed by atoms with Gasteiger partial charge in [0.2, 0.25) is 0 Å². The lowest BCUT2D eigenvalue weighted by Gasteiger charge is -2.46. The van der Waals surface area contributed by atoms with Crippen LogP contribution in [0.15, 0.2) is 72.8 Å². The molecule has 0 aromatic heterocycles. The molecule has 0 heterocycles. The molecule has 0 bridgehead atoms. The summed E-state index contributed by atoms with van der Waals surface area (Å²) in [6.45, 7) is 28.2. The van der Waals surface area contributed by atoms with Crippen molar-refractivity contribution in [3.63, 3.8) is 0 Å². The van der Waals surface area contributed by atoms with Gasteiger partial charge in [-0.15, -0.1) is 0 Å². The van der Waals surface area contributed by atoms with E-state index in [-0.39, 0.29) is 5.41 Å². The van der Waals surface area contributed by atoms with Gasteiger partial charge in [0.25, 0.3) is 0 Å². The molecule has 0 N–H and O–H groups in total. The van der Waals surface area contributed by atoms with Crippen LogP contribution in [0.25, 0.3) is 0 Å². The standard InChI is InChI=1S/C39H50P2/c1-25-13-26(2)18-35(17-25)40(36-19-27(3)14-28(4)20-36)33(9)39(11,12)34(10)41(37-21-29(5)15-30(6)22-37)38-23-31(7)16-32(8)24-38/h13-24,33-34H,1-12H3. The first kappa shape index (κ1) is 31.7. The Balaban J connectivity index is 1.90. The van der Waals surface area contributed by atoms with Gasteiger partial charge < -0.3 is 0 Å². The van der Waals surface area contributed by atoms with Crippen LogP contribution in [0, 0.1) is 60.8 Å². The van der Waals surface area contributed by atoms with Crippen LogP contribution < -0.4 is 21.2 Å². The molecule has 0 aliphatic heterocycles. The summed E-state index contributed by atoms with van der Waals surface area (Å²) in [4.78, 5) is 0. The maximum Gasteiger partial charge on any atom is -0.00997 e. The minimum atomic E-state index is -0.574. The summed E-state index contributed by atoms with van der Waals surface area (Å²) >= 11 is 0. The zero-order valence-corrected chi connectivity index (χ0v) is 29.3. The summed E-state index contributed by atoms with van der Waals surface area (Å²) in [5.41, 5.74) is 12.0. The van der Waals surface area contributed by atoms with E-state index in [1.165, 1.54) is 65.7 Å². The molecular weight excluding hydrogens is 530 g/mol. The highest BCUT2D eigenvalue weighted by atomic mass is 31.1. The molecule has 2 heteroatoms. The van der Waals surface area contributed by atoms with Gasteiger partial charge in [0, 0.05) is 0 Å². The van der Waals surface area contributed by atoms with Crippen molar-refractivity contribution in [2.75, 3.05) is 0 Å². The zero-order valence-electron chi connectivity index (χ0n) is 27.5. The summed E-state index contributed by atoms with van der Waals surface area (Å²) in [5.74, 6) is 0. The smallest absolute Gasteiger partial charge is 0.00997 e. The fourth-order valence-corrected chi connectivity index (χ4v) is 13.6. The van der Waals surface area contributed by atoms with E-state index in [4.69, 9.17) is 0 Å². The molecule has 0 aliphatic carbocycles. The molecule has 4 rings (SSSR count). The Labute approximate surface area is 253 Å². The summed E-state index contributed by atoms with van der Waals surface area (Å²) in [5, 5.41) is 6.05. The Morgan fingerprint density at radius 3 is 0.707 bits per heavy atom. The average Bonchev–Trinajstić information content (AvgIpc) is 2.82. The van der Waals surface area contributed by atoms with E-state index in [1.807, 2.05) is 0 Å². The number of benzene rings is 4. The van der Waals surface area contributed by atoms with E-state index in [0.717, 1.165) is 0 Å². The Kier molecular flexibility index (Phi) is 9.69. The van der Waals surface area contributed by atoms with Crippen molar-refractivity contribution in [3.8, 4) is 0 Å². The minimum absolute atomic E-state index is 0.0853. The number of hydrogen-bond donors (Lipinski definition) is 0. The van der Waals surface area contributed by atoms with Crippen LogP contribution in [0.4, 0.5) is 0 Å². The third kappa shape index (κ3) is 7.22. The van der Waals surface area contributed by atoms with Crippen LogP contribution in [0.1, 0.15) is 72.2 Å². The Hall–Kier alpha value is -2.26. The molecule has 41 heavy (non-hydrogen) atoms. The fraction of sp³-hybridized carbons (Fsp3) is 0.385. The molecule has 4 aromatic rings. The monoisotopic (exact) mass is 580 g/mol. The van der Waals surface area contributed by atoms with Gasteiger partial charge in [-0.2, -0.15) is 0 Å². The van der Waals surface area contributed by atoms with E-state index in [0.29, 0.717) is 11.3 Å². The summed E-state index contributed by atoms with van der Waals surface area (Å²) in [6, 6.07) is 29.0. The third-order valence-electron chi connectivity index (χ3n) is 8.87. The highest BCUT2D eigenvalue weighted by molar-refractivity contribution is 7.74. The molecule has 0 spiro atoms. The molecule has 0 fully saturated rings. The fourth-order valence-electron chi connectivity index (χ4n) is 6.57. The molecule has 0 aliphatic rings. The quantitative estimate of drug-likeness (QED) is 0.182. The summed E-state index contributed by atoms with van der Waals surface area (Å²) in [7, 11) is -1.15. The Bertz CT molecular complexity index is 1240. The SMILES string of the molecule is Cc1cc(C)cc(P(c2cc(C)cc(C)c2)C(C)C(C)(C)C(C)P(c2cc(C)cc(C)c2)c2cc(C)cc(C)c2)c1. The first-order valence-corrected chi connectivity index (χ1v) is 17.9. The maximum atomic E-state index is 2.56. The molecule has 2 atom stereocenters. The van der Waals surface area contributed by atoms with Crippen molar-refractivity contribution < 1.29 is 0 Å². The molecule has 0 saturated carbocycles. The lowest BCUT2D eigenvalue weighted by Crippen LogP contribution is -2.41. The van der Waals surface area contributed by atoms with Crippen LogP contribution in [0.5, 0.6) is 0 Å². The van der Waals surface area contributed by atoms with Crippen molar-refractivity contribution in [2.45, 2.75) is 94.4 Å². The highest BCUT2D eigenvalue weighted by Crippen LogP contribution is 2.56. The van der Waals surface area contributed by atoms with E-state index in [9.17, 15) is 0 Å². The predicted octanol–water partition coefficient (Wildman–Crippen LogP) is 9.52. The molecule has 0 nitrogen and oxygen atoms in total. The minimum Gasteiger partial charge on any atom is -0.0587 e.